The lowest BCUT2D eigenvalue weighted by atomic mass is 9.86. The summed E-state index contributed by atoms with van der Waals surface area (Å²) in [5, 5.41) is 0. The van der Waals surface area contributed by atoms with Gasteiger partial charge in [-0.1, -0.05) is 192 Å². The van der Waals surface area contributed by atoms with Gasteiger partial charge < -0.3 is 9.47 Å². The molecule has 0 amide bonds. The van der Waals surface area contributed by atoms with Crippen LogP contribution in [0.2, 0.25) is 0 Å². The number of methoxy groups -OCH3 is 1. The van der Waals surface area contributed by atoms with E-state index in [1.165, 1.54) is 179 Å². The van der Waals surface area contributed by atoms with E-state index in [1.807, 2.05) is 12.1 Å². The molecule has 3 heteroatoms. The number of esters is 1. The zero-order valence-corrected chi connectivity index (χ0v) is 30.3. The molecular weight excluding hydrogens is 564 g/mol. The Morgan fingerprint density at radius 1 is 0.478 bits per heavy atom. The Morgan fingerprint density at radius 2 is 0.783 bits per heavy atom. The molecule has 46 heavy (non-hydrogen) atoms. The molecule has 2 aromatic carbocycles. The lowest BCUT2D eigenvalue weighted by Gasteiger charge is -2.19. The van der Waals surface area contributed by atoms with Crippen LogP contribution in [-0.2, 0) is 4.79 Å². The van der Waals surface area contributed by atoms with E-state index in [2.05, 4.69) is 43.3 Å². The average Bonchev–Trinajstić information content (AvgIpc) is 3.07. The predicted molar refractivity (Wildman–Crippen MR) is 198 cm³/mol. The largest absolute Gasteiger partial charge is 0.497 e. The Hall–Kier alpha value is -2.29. The summed E-state index contributed by atoms with van der Waals surface area (Å²) in [6.07, 6.45) is 36.7. The van der Waals surface area contributed by atoms with Crippen LogP contribution in [0.15, 0.2) is 48.5 Å². The van der Waals surface area contributed by atoms with Crippen LogP contribution >= 0.6 is 0 Å². The second kappa shape index (κ2) is 27.8. The highest BCUT2D eigenvalue weighted by atomic mass is 16.5. The average molecular weight is 635 g/mol. The molecule has 0 spiro atoms. The van der Waals surface area contributed by atoms with E-state index in [0.717, 1.165) is 12.2 Å². The van der Waals surface area contributed by atoms with Gasteiger partial charge in [-0.25, -0.2) is 0 Å². The number of hydrogen-bond acceptors (Lipinski definition) is 3. The van der Waals surface area contributed by atoms with Crippen molar-refractivity contribution in [3.8, 4) is 11.5 Å². The summed E-state index contributed by atoms with van der Waals surface area (Å²) >= 11 is 0. The number of unbranched alkanes of at least 4 members (excludes halogenated alkanes) is 24. The summed E-state index contributed by atoms with van der Waals surface area (Å²) in [7, 11) is 1.71. The molecule has 0 aliphatic rings. The molecule has 0 N–H and O–H groups in total. The van der Waals surface area contributed by atoms with Crippen LogP contribution < -0.4 is 9.47 Å². The summed E-state index contributed by atoms with van der Waals surface area (Å²) in [5.41, 5.74) is 2.58. The van der Waals surface area contributed by atoms with Gasteiger partial charge >= 0.3 is 5.97 Å². The maximum atomic E-state index is 11.3. The van der Waals surface area contributed by atoms with E-state index in [-0.39, 0.29) is 5.97 Å². The van der Waals surface area contributed by atoms with Crippen molar-refractivity contribution in [3.05, 3.63) is 59.7 Å². The second-order valence-corrected chi connectivity index (χ2v) is 13.8. The lowest BCUT2D eigenvalue weighted by molar-refractivity contribution is -0.131. The normalized spacial score (nSPS) is 11.9. The lowest BCUT2D eigenvalue weighted by Crippen LogP contribution is -2.04. The molecular formula is C43H70O3. The smallest absolute Gasteiger partial charge is 0.308 e. The first-order chi connectivity index (χ1) is 22.6. The minimum Gasteiger partial charge on any atom is -0.497 e. The van der Waals surface area contributed by atoms with Crippen molar-refractivity contribution < 1.29 is 14.3 Å². The summed E-state index contributed by atoms with van der Waals surface area (Å²) in [6, 6.07) is 16.5. The fourth-order valence-electron chi connectivity index (χ4n) is 6.78. The maximum absolute atomic E-state index is 11.3. The van der Waals surface area contributed by atoms with Gasteiger partial charge in [0.25, 0.3) is 0 Å². The number of ether oxygens (including phenoxy) is 2. The van der Waals surface area contributed by atoms with E-state index in [0.29, 0.717) is 11.7 Å². The van der Waals surface area contributed by atoms with Gasteiger partial charge in [-0.05, 0) is 41.8 Å². The van der Waals surface area contributed by atoms with Gasteiger partial charge in [0.1, 0.15) is 11.5 Å². The molecule has 2 rings (SSSR count). The molecule has 0 saturated heterocycles. The molecule has 1 atom stereocenters. The van der Waals surface area contributed by atoms with E-state index in [9.17, 15) is 4.79 Å². The summed E-state index contributed by atoms with van der Waals surface area (Å²) in [4.78, 5) is 11.3. The van der Waals surface area contributed by atoms with Gasteiger partial charge in [0, 0.05) is 12.8 Å². The molecule has 0 bridgehead atoms. The van der Waals surface area contributed by atoms with Crippen molar-refractivity contribution in [2.75, 3.05) is 7.11 Å². The molecule has 0 heterocycles. The van der Waals surface area contributed by atoms with Gasteiger partial charge in [-0.2, -0.15) is 0 Å². The predicted octanol–water partition coefficient (Wildman–Crippen LogP) is 13.9. The first-order valence-corrected chi connectivity index (χ1v) is 19.6. The Kier molecular flexibility index (Phi) is 24.1. The van der Waals surface area contributed by atoms with Gasteiger partial charge in [0.2, 0.25) is 0 Å². The molecule has 0 saturated carbocycles. The monoisotopic (exact) mass is 635 g/mol. The van der Waals surface area contributed by atoms with Crippen LogP contribution in [0.3, 0.4) is 0 Å². The molecule has 0 radical (unpaired) electrons. The molecule has 3 nitrogen and oxygen atoms in total. The highest BCUT2D eigenvalue weighted by molar-refractivity contribution is 5.69. The standard InChI is InChI=1S/C43H70O3/c1-4-5-6-7-8-9-10-11-12-13-14-15-16-17-18-19-20-21-22-23-24-25-26-27-28-29-43(39-30-34-41(45-3)35-31-39)40-32-36-42(37-33-40)46-38(2)44/h30-37,43H,4-29H2,1-3H3. The summed E-state index contributed by atoms with van der Waals surface area (Å²) < 4.78 is 10.6. The topological polar surface area (TPSA) is 35.5 Å². The highest BCUT2D eigenvalue weighted by Crippen LogP contribution is 2.32. The Balaban J connectivity index is 1.43. The van der Waals surface area contributed by atoms with Crippen LogP contribution in [0.25, 0.3) is 0 Å². The fraction of sp³-hybridized carbons (Fsp3) is 0.698. The minimum absolute atomic E-state index is 0.283. The first-order valence-electron chi connectivity index (χ1n) is 19.6. The Bertz CT molecular complexity index is 965. The van der Waals surface area contributed by atoms with E-state index >= 15 is 0 Å². The molecule has 2 aromatic rings. The summed E-state index contributed by atoms with van der Waals surface area (Å²) in [6.45, 7) is 3.74. The SMILES string of the molecule is CCCCCCCCCCCCCCCCCCCCCCCCCCCC(c1ccc(OC)cc1)c1ccc(OC(C)=O)cc1. The molecule has 1 unspecified atom stereocenters. The quantitative estimate of drug-likeness (QED) is 0.0487. The molecule has 260 valence electrons. The van der Waals surface area contributed by atoms with Crippen LogP contribution in [-0.4, -0.2) is 13.1 Å². The van der Waals surface area contributed by atoms with Gasteiger partial charge in [0.05, 0.1) is 7.11 Å². The number of benzene rings is 2. The van der Waals surface area contributed by atoms with Crippen molar-refractivity contribution >= 4 is 5.97 Å². The van der Waals surface area contributed by atoms with Crippen molar-refractivity contribution in [3.63, 3.8) is 0 Å². The van der Waals surface area contributed by atoms with Crippen LogP contribution in [0, 0.1) is 0 Å². The maximum Gasteiger partial charge on any atom is 0.308 e. The van der Waals surface area contributed by atoms with Crippen LogP contribution in [0.5, 0.6) is 11.5 Å². The number of carbonyl (C=O) groups is 1. The third-order valence-corrected chi connectivity index (χ3v) is 9.66. The molecule has 0 aromatic heterocycles. The van der Waals surface area contributed by atoms with Gasteiger partial charge in [-0.3, -0.25) is 4.79 Å². The van der Waals surface area contributed by atoms with Crippen molar-refractivity contribution in [1.82, 2.24) is 0 Å². The third kappa shape index (κ3) is 20.1. The second-order valence-electron chi connectivity index (χ2n) is 13.8. The molecule has 0 aliphatic carbocycles. The molecule has 0 fully saturated rings. The Labute approximate surface area is 284 Å². The number of hydrogen-bond donors (Lipinski definition) is 0. The van der Waals surface area contributed by atoms with Crippen molar-refractivity contribution in [2.45, 2.75) is 187 Å². The fourth-order valence-corrected chi connectivity index (χ4v) is 6.78. The Morgan fingerprint density at radius 3 is 1.09 bits per heavy atom. The summed E-state index contributed by atoms with van der Waals surface area (Å²) in [5.74, 6) is 1.55. The third-order valence-electron chi connectivity index (χ3n) is 9.66. The number of rotatable bonds is 30. The van der Waals surface area contributed by atoms with Crippen LogP contribution in [0.1, 0.15) is 198 Å². The highest BCUT2D eigenvalue weighted by Gasteiger charge is 2.15. The van der Waals surface area contributed by atoms with Gasteiger partial charge in [-0.15, -0.1) is 0 Å². The first kappa shape index (κ1) is 39.9. The van der Waals surface area contributed by atoms with E-state index in [4.69, 9.17) is 9.47 Å². The minimum atomic E-state index is -0.283. The van der Waals surface area contributed by atoms with Gasteiger partial charge in [0.15, 0.2) is 0 Å². The number of carbonyl (C=O) groups excluding carboxylic acids is 1. The van der Waals surface area contributed by atoms with Crippen molar-refractivity contribution in [2.24, 2.45) is 0 Å². The van der Waals surface area contributed by atoms with E-state index < -0.39 is 0 Å². The van der Waals surface area contributed by atoms with Crippen molar-refractivity contribution in [1.29, 1.82) is 0 Å². The zero-order valence-electron chi connectivity index (χ0n) is 30.3. The molecule has 0 aliphatic heterocycles. The zero-order chi connectivity index (χ0) is 32.9. The van der Waals surface area contributed by atoms with E-state index in [1.54, 1.807) is 7.11 Å². The van der Waals surface area contributed by atoms with Crippen LogP contribution in [0.4, 0.5) is 0 Å².